The number of nitrogens with zero attached hydrogens (tertiary/aromatic N) is 2. The number of hydrogen-bond acceptors (Lipinski definition) is 3. The van der Waals surface area contributed by atoms with Crippen LogP contribution in [-0.4, -0.2) is 23.0 Å². The Bertz CT molecular complexity index is 350. The van der Waals surface area contributed by atoms with Gasteiger partial charge < -0.3 is 10.5 Å². The molecular weight excluding hydrogens is 190 g/mol. The second kappa shape index (κ2) is 3.32. The van der Waals surface area contributed by atoms with Crippen LogP contribution in [0.5, 0.6) is 0 Å². The molecule has 0 radical (unpaired) electrons. The smallest absolute Gasteiger partial charge is 0.0586 e. The van der Waals surface area contributed by atoms with E-state index in [1.165, 1.54) is 5.69 Å². The molecule has 1 aromatic rings. The van der Waals surface area contributed by atoms with E-state index in [0.717, 1.165) is 38.9 Å². The predicted octanol–water partition coefficient (Wildman–Crippen LogP) is 1.18. The summed E-state index contributed by atoms with van der Waals surface area (Å²) in [6.45, 7) is 1.70. The van der Waals surface area contributed by atoms with Gasteiger partial charge in [-0.25, -0.2) is 0 Å². The molecule has 2 aliphatic rings. The van der Waals surface area contributed by atoms with Gasteiger partial charge in [-0.1, -0.05) is 0 Å². The van der Waals surface area contributed by atoms with Crippen molar-refractivity contribution in [3.8, 4) is 0 Å². The predicted molar refractivity (Wildman–Crippen MR) is 56.4 cm³/mol. The summed E-state index contributed by atoms with van der Waals surface area (Å²) in [4.78, 5) is 0. The van der Waals surface area contributed by atoms with Crippen molar-refractivity contribution in [2.24, 2.45) is 5.73 Å². The fourth-order valence-electron chi connectivity index (χ4n) is 2.32. The highest BCUT2D eigenvalue weighted by molar-refractivity contribution is 5.22. The fourth-order valence-corrected chi connectivity index (χ4v) is 2.32. The molecule has 0 bridgehead atoms. The minimum atomic E-state index is -0.0746. The molecule has 0 spiro atoms. The number of hydrogen-bond donors (Lipinski definition) is 1. The van der Waals surface area contributed by atoms with Crippen LogP contribution in [0.1, 0.15) is 37.4 Å². The summed E-state index contributed by atoms with van der Waals surface area (Å²) in [5.41, 5.74) is 7.37. The third kappa shape index (κ3) is 1.58. The van der Waals surface area contributed by atoms with Crippen LogP contribution in [0.4, 0.5) is 0 Å². The van der Waals surface area contributed by atoms with Crippen LogP contribution < -0.4 is 5.73 Å². The number of rotatable bonds is 2. The number of aromatic nitrogens is 2. The quantitative estimate of drug-likeness (QED) is 0.792. The van der Waals surface area contributed by atoms with Crippen LogP contribution in [-0.2, 0) is 10.3 Å². The SMILES string of the molecule is NC1(c2ccnn2C2CCOCC2)CC1. The van der Waals surface area contributed by atoms with Gasteiger partial charge in [-0.15, -0.1) is 0 Å². The molecule has 82 valence electrons. The normalized spacial score (nSPS) is 25.4. The summed E-state index contributed by atoms with van der Waals surface area (Å²) >= 11 is 0. The third-order valence-electron chi connectivity index (χ3n) is 3.51. The third-order valence-corrected chi connectivity index (χ3v) is 3.51. The molecular formula is C11H17N3O. The molecule has 2 fully saturated rings. The minimum Gasteiger partial charge on any atom is -0.381 e. The van der Waals surface area contributed by atoms with E-state index in [1.54, 1.807) is 0 Å². The monoisotopic (exact) mass is 207 g/mol. The molecule has 1 aromatic heterocycles. The van der Waals surface area contributed by atoms with E-state index < -0.39 is 0 Å². The van der Waals surface area contributed by atoms with Gasteiger partial charge in [0.05, 0.1) is 17.3 Å². The highest BCUT2D eigenvalue weighted by atomic mass is 16.5. The lowest BCUT2D eigenvalue weighted by molar-refractivity contribution is 0.0649. The lowest BCUT2D eigenvalue weighted by Gasteiger charge is -2.25. The van der Waals surface area contributed by atoms with Crippen molar-refractivity contribution in [2.75, 3.05) is 13.2 Å². The summed E-state index contributed by atoms with van der Waals surface area (Å²) in [6, 6.07) is 2.56. The van der Waals surface area contributed by atoms with E-state index in [9.17, 15) is 0 Å². The summed E-state index contributed by atoms with van der Waals surface area (Å²) in [6.07, 6.45) is 6.19. The molecule has 1 aliphatic carbocycles. The van der Waals surface area contributed by atoms with E-state index in [4.69, 9.17) is 10.5 Å². The molecule has 0 amide bonds. The Morgan fingerprint density at radius 1 is 1.40 bits per heavy atom. The molecule has 2 heterocycles. The van der Waals surface area contributed by atoms with Gasteiger partial charge in [0, 0.05) is 19.4 Å². The molecule has 15 heavy (non-hydrogen) atoms. The molecule has 0 aromatic carbocycles. The maximum absolute atomic E-state index is 6.23. The zero-order valence-corrected chi connectivity index (χ0v) is 8.85. The van der Waals surface area contributed by atoms with Gasteiger partial charge in [0.2, 0.25) is 0 Å². The van der Waals surface area contributed by atoms with Crippen LogP contribution in [0.15, 0.2) is 12.3 Å². The lowest BCUT2D eigenvalue weighted by atomic mass is 10.1. The van der Waals surface area contributed by atoms with Gasteiger partial charge >= 0.3 is 0 Å². The Morgan fingerprint density at radius 3 is 2.80 bits per heavy atom. The van der Waals surface area contributed by atoms with E-state index >= 15 is 0 Å². The summed E-state index contributed by atoms with van der Waals surface area (Å²) in [7, 11) is 0. The first-order valence-corrected chi connectivity index (χ1v) is 5.70. The zero-order chi connectivity index (χ0) is 10.3. The van der Waals surface area contributed by atoms with E-state index in [-0.39, 0.29) is 5.54 Å². The van der Waals surface area contributed by atoms with Gasteiger partial charge in [0.25, 0.3) is 0 Å². The van der Waals surface area contributed by atoms with Crippen LogP contribution >= 0.6 is 0 Å². The molecule has 1 saturated heterocycles. The molecule has 3 rings (SSSR count). The van der Waals surface area contributed by atoms with Gasteiger partial charge in [-0.2, -0.15) is 5.10 Å². The second-order valence-electron chi connectivity index (χ2n) is 4.66. The molecule has 1 aliphatic heterocycles. The maximum Gasteiger partial charge on any atom is 0.0586 e. The largest absolute Gasteiger partial charge is 0.381 e. The first-order chi connectivity index (χ1) is 7.30. The van der Waals surface area contributed by atoms with E-state index in [1.807, 2.05) is 6.20 Å². The summed E-state index contributed by atoms with van der Waals surface area (Å²) < 4.78 is 7.50. The summed E-state index contributed by atoms with van der Waals surface area (Å²) in [5.74, 6) is 0. The van der Waals surface area contributed by atoms with Crippen molar-refractivity contribution < 1.29 is 4.74 Å². The van der Waals surface area contributed by atoms with E-state index in [0.29, 0.717) is 6.04 Å². The maximum atomic E-state index is 6.23. The first kappa shape index (κ1) is 9.36. The minimum absolute atomic E-state index is 0.0746. The fraction of sp³-hybridized carbons (Fsp3) is 0.727. The molecule has 1 saturated carbocycles. The molecule has 4 nitrogen and oxygen atoms in total. The van der Waals surface area contributed by atoms with Crippen molar-refractivity contribution in [2.45, 2.75) is 37.3 Å². The topological polar surface area (TPSA) is 53.1 Å². The van der Waals surface area contributed by atoms with E-state index in [2.05, 4.69) is 15.8 Å². The van der Waals surface area contributed by atoms with Crippen LogP contribution in [0, 0.1) is 0 Å². The Labute approximate surface area is 89.4 Å². The zero-order valence-electron chi connectivity index (χ0n) is 8.85. The highest BCUT2D eigenvalue weighted by Gasteiger charge is 2.43. The van der Waals surface area contributed by atoms with Crippen LogP contribution in [0.2, 0.25) is 0 Å². The van der Waals surface area contributed by atoms with Crippen molar-refractivity contribution in [3.63, 3.8) is 0 Å². The molecule has 2 N–H and O–H groups in total. The first-order valence-electron chi connectivity index (χ1n) is 5.70. The Morgan fingerprint density at radius 2 is 2.13 bits per heavy atom. The Kier molecular flexibility index (Phi) is 2.07. The van der Waals surface area contributed by atoms with Gasteiger partial charge in [-0.05, 0) is 31.7 Å². The van der Waals surface area contributed by atoms with Crippen LogP contribution in [0.3, 0.4) is 0 Å². The van der Waals surface area contributed by atoms with Crippen LogP contribution in [0.25, 0.3) is 0 Å². The number of ether oxygens (including phenoxy) is 1. The second-order valence-corrected chi connectivity index (χ2v) is 4.66. The highest BCUT2D eigenvalue weighted by Crippen LogP contribution is 2.43. The van der Waals surface area contributed by atoms with Gasteiger partial charge in [0.15, 0.2) is 0 Å². The van der Waals surface area contributed by atoms with Crippen molar-refractivity contribution in [3.05, 3.63) is 18.0 Å². The molecule has 0 atom stereocenters. The average Bonchev–Trinajstić information content (AvgIpc) is 2.85. The van der Waals surface area contributed by atoms with Gasteiger partial charge in [0.1, 0.15) is 0 Å². The standard InChI is InChI=1S/C11H17N3O/c12-11(4-5-11)10-1-6-13-14(10)9-2-7-15-8-3-9/h1,6,9H,2-5,7-8,12H2. The van der Waals surface area contributed by atoms with Crippen molar-refractivity contribution >= 4 is 0 Å². The molecule has 0 unspecified atom stereocenters. The number of nitrogens with two attached hydrogens (primary N) is 1. The Hall–Kier alpha value is -0.870. The average molecular weight is 207 g/mol. The van der Waals surface area contributed by atoms with Crippen molar-refractivity contribution in [1.29, 1.82) is 0 Å². The van der Waals surface area contributed by atoms with Gasteiger partial charge in [-0.3, -0.25) is 4.68 Å². The van der Waals surface area contributed by atoms with Crippen molar-refractivity contribution in [1.82, 2.24) is 9.78 Å². The lowest BCUT2D eigenvalue weighted by Crippen LogP contribution is -2.28. The molecule has 4 heteroatoms. The Balaban J connectivity index is 1.87. The summed E-state index contributed by atoms with van der Waals surface area (Å²) in [5, 5.41) is 4.43.